The molecule has 0 aliphatic heterocycles. The molecular weight excluding hydrogens is 263 g/mol. The van der Waals surface area contributed by atoms with Gasteiger partial charge in [-0.15, -0.1) is 11.8 Å². The van der Waals surface area contributed by atoms with Crippen LogP contribution in [-0.2, 0) is 0 Å². The van der Waals surface area contributed by atoms with Gasteiger partial charge >= 0.3 is 7.12 Å². The first-order chi connectivity index (χ1) is 9.16. The number of hydrogen-bond acceptors (Lipinski definition) is 5. The van der Waals surface area contributed by atoms with Gasteiger partial charge in [0.1, 0.15) is 11.5 Å². The number of aryl methyl sites for hydroxylation is 1. The fourth-order valence-electron chi connectivity index (χ4n) is 1.60. The normalized spacial score (nSPS) is 10.5. The maximum atomic E-state index is 9.06. The van der Waals surface area contributed by atoms with Crippen LogP contribution >= 0.6 is 11.8 Å². The molecule has 0 spiro atoms. The van der Waals surface area contributed by atoms with E-state index in [0.29, 0.717) is 17.8 Å². The van der Waals surface area contributed by atoms with Crippen molar-refractivity contribution in [2.45, 2.75) is 11.8 Å². The van der Waals surface area contributed by atoms with E-state index in [4.69, 9.17) is 19.2 Å². The Labute approximate surface area is 116 Å². The van der Waals surface area contributed by atoms with E-state index in [1.165, 1.54) is 0 Å². The smallest absolute Gasteiger partial charge is 0.488 e. The second-order valence-corrected chi connectivity index (χ2v) is 5.12. The van der Waals surface area contributed by atoms with E-state index in [9.17, 15) is 0 Å². The molecule has 2 aromatic rings. The predicted molar refractivity (Wildman–Crippen MR) is 75.9 cm³/mol. The van der Waals surface area contributed by atoms with Crippen molar-refractivity contribution >= 4 is 24.3 Å². The lowest BCUT2D eigenvalue weighted by molar-refractivity contribution is 0.344. The molecular formula is C13H15BO4S. The highest BCUT2D eigenvalue weighted by Gasteiger charge is 2.11. The van der Waals surface area contributed by atoms with Crippen LogP contribution < -0.4 is 10.2 Å². The minimum atomic E-state index is -1.47. The first-order valence-corrected chi connectivity index (χ1v) is 6.91. The van der Waals surface area contributed by atoms with E-state index >= 15 is 0 Å². The van der Waals surface area contributed by atoms with Crippen LogP contribution in [0.1, 0.15) is 5.76 Å². The topological polar surface area (TPSA) is 62.8 Å². The Balaban J connectivity index is 1.79. The Kier molecular flexibility index (Phi) is 4.96. The summed E-state index contributed by atoms with van der Waals surface area (Å²) in [6.07, 6.45) is 1.67. The minimum absolute atomic E-state index is 0.427. The highest BCUT2D eigenvalue weighted by molar-refractivity contribution is 7.99. The second kappa shape index (κ2) is 6.70. The van der Waals surface area contributed by atoms with E-state index < -0.39 is 7.12 Å². The molecule has 1 aromatic heterocycles. The summed E-state index contributed by atoms with van der Waals surface area (Å²) in [5, 5.41) is 18.1. The molecule has 0 amide bonds. The van der Waals surface area contributed by atoms with Crippen molar-refractivity contribution in [1.29, 1.82) is 0 Å². The van der Waals surface area contributed by atoms with Crippen molar-refractivity contribution in [3.05, 3.63) is 42.4 Å². The molecule has 0 radical (unpaired) electrons. The van der Waals surface area contributed by atoms with Gasteiger partial charge in [0.2, 0.25) is 0 Å². The van der Waals surface area contributed by atoms with Gasteiger partial charge in [0.15, 0.2) is 0 Å². The van der Waals surface area contributed by atoms with Gasteiger partial charge in [0.05, 0.1) is 12.9 Å². The first-order valence-electron chi connectivity index (χ1n) is 5.92. The first kappa shape index (κ1) is 14.1. The number of hydrogen-bond donors (Lipinski definition) is 2. The van der Waals surface area contributed by atoms with E-state index in [1.807, 2.05) is 13.0 Å². The molecule has 6 heteroatoms. The molecule has 100 valence electrons. The van der Waals surface area contributed by atoms with Crippen molar-refractivity contribution in [3.63, 3.8) is 0 Å². The van der Waals surface area contributed by atoms with E-state index in [0.717, 1.165) is 16.4 Å². The highest BCUT2D eigenvalue weighted by Crippen LogP contribution is 2.22. The van der Waals surface area contributed by atoms with Gasteiger partial charge in [-0.3, -0.25) is 0 Å². The van der Waals surface area contributed by atoms with Gasteiger partial charge in [-0.05, 0) is 30.6 Å². The van der Waals surface area contributed by atoms with Gasteiger partial charge in [-0.1, -0.05) is 12.1 Å². The summed E-state index contributed by atoms with van der Waals surface area (Å²) in [5.74, 6) is 2.34. The summed E-state index contributed by atoms with van der Waals surface area (Å²) >= 11 is 1.67. The molecule has 0 fully saturated rings. The van der Waals surface area contributed by atoms with Crippen LogP contribution in [0.3, 0.4) is 0 Å². The largest absolute Gasteiger partial charge is 0.493 e. The van der Waals surface area contributed by atoms with E-state index in [1.54, 1.807) is 42.3 Å². The third-order valence-electron chi connectivity index (χ3n) is 2.58. The average Bonchev–Trinajstić information content (AvgIpc) is 2.81. The maximum Gasteiger partial charge on any atom is 0.488 e. The predicted octanol–water partition coefficient (Wildman–Crippen LogP) is 1.44. The summed E-state index contributed by atoms with van der Waals surface area (Å²) in [5.41, 5.74) is 0.427. The molecule has 1 aromatic carbocycles. The highest BCUT2D eigenvalue weighted by atomic mass is 32.2. The number of ether oxygens (including phenoxy) is 1. The Morgan fingerprint density at radius 3 is 2.84 bits per heavy atom. The summed E-state index contributed by atoms with van der Waals surface area (Å²) in [6, 6.07) is 8.72. The molecule has 19 heavy (non-hydrogen) atoms. The molecule has 2 rings (SSSR count). The van der Waals surface area contributed by atoms with E-state index in [-0.39, 0.29) is 0 Å². The number of benzene rings is 1. The Morgan fingerprint density at radius 2 is 2.16 bits per heavy atom. The third-order valence-corrected chi connectivity index (χ3v) is 3.68. The van der Waals surface area contributed by atoms with Crippen LogP contribution in [0, 0.1) is 6.92 Å². The molecule has 0 bridgehead atoms. The van der Waals surface area contributed by atoms with Crippen molar-refractivity contribution in [2.24, 2.45) is 0 Å². The lowest BCUT2D eigenvalue weighted by Gasteiger charge is -2.07. The van der Waals surface area contributed by atoms with Crippen LogP contribution in [0.15, 0.2) is 45.9 Å². The fourth-order valence-corrected chi connectivity index (χ4v) is 2.39. The average molecular weight is 278 g/mol. The fraction of sp³-hybridized carbons (Fsp3) is 0.231. The van der Waals surface area contributed by atoms with Gasteiger partial charge in [-0.2, -0.15) is 0 Å². The third kappa shape index (κ3) is 4.06. The zero-order valence-electron chi connectivity index (χ0n) is 10.6. The zero-order valence-corrected chi connectivity index (χ0v) is 11.4. The van der Waals surface area contributed by atoms with Gasteiger partial charge in [0.25, 0.3) is 0 Å². The lowest BCUT2D eigenvalue weighted by atomic mass is 9.80. The molecule has 0 saturated heterocycles. The molecule has 0 atom stereocenters. The Hall–Kier alpha value is -1.37. The second-order valence-electron chi connectivity index (χ2n) is 3.98. The van der Waals surface area contributed by atoms with Crippen LogP contribution in [0.5, 0.6) is 5.75 Å². The molecule has 0 unspecified atom stereocenters. The van der Waals surface area contributed by atoms with Crippen LogP contribution in [-0.4, -0.2) is 29.5 Å². The SMILES string of the molecule is Cc1occc1SCCOc1cccc(B(O)O)c1. The number of furan rings is 1. The number of thioether (sulfide) groups is 1. The molecule has 0 saturated carbocycles. The number of rotatable bonds is 6. The molecule has 0 aliphatic rings. The Morgan fingerprint density at radius 1 is 1.32 bits per heavy atom. The molecule has 2 N–H and O–H groups in total. The molecule has 4 nitrogen and oxygen atoms in total. The monoisotopic (exact) mass is 278 g/mol. The quantitative estimate of drug-likeness (QED) is 0.475. The minimum Gasteiger partial charge on any atom is -0.493 e. The van der Waals surface area contributed by atoms with Gasteiger partial charge in [-0.25, -0.2) is 0 Å². The van der Waals surface area contributed by atoms with Gasteiger partial charge in [0, 0.05) is 10.6 Å². The van der Waals surface area contributed by atoms with E-state index in [2.05, 4.69) is 0 Å². The van der Waals surface area contributed by atoms with Crippen molar-refractivity contribution in [3.8, 4) is 5.75 Å². The van der Waals surface area contributed by atoms with Crippen molar-refractivity contribution in [1.82, 2.24) is 0 Å². The molecule has 1 heterocycles. The molecule has 0 aliphatic carbocycles. The standard InChI is InChI=1S/C13H15BO4S/c1-10-13(5-6-17-10)19-8-7-18-12-4-2-3-11(9-12)14(15)16/h2-6,9,15-16H,7-8H2,1H3. The lowest BCUT2D eigenvalue weighted by Crippen LogP contribution is -2.29. The van der Waals surface area contributed by atoms with Crippen LogP contribution in [0.25, 0.3) is 0 Å². The van der Waals surface area contributed by atoms with Gasteiger partial charge < -0.3 is 19.2 Å². The summed E-state index contributed by atoms with van der Waals surface area (Å²) < 4.78 is 10.8. The summed E-state index contributed by atoms with van der Waals surface area (Å²) in [4.78, 5) is 1.11. The van der Waals surface area contributed by atoms with Crippen LogP contribution in [0.4, 0.5) is 0 Å². The van der Waals surface area contributed by atoms with Crippen molar-refractivity contribution < 1.29 is 19.2 Å². The zero-order chi connectivity index (χ0) is 13.7. The van der Waals surface area contributed by atoms with Crippen LogP contribution in [0.2, 0.25) is 0 Å². The Bertz CT molecular complexity index is 527. The summed E-state index contributed by atoms with van der Waals surface area (Å²) in [6.45, 7) is 2.47. The summed E-state index contributed by atoms with van der Waals surface area (Å²) in [7, 11) is -1.47. The van der Waals surface area contributed by atoms with Crippen molar-refractivity contribution in [2.75, 3.05) is 12.4 Å². The maximum absolute atomic E-state index is 9.06.